The van der Waals surface area contributed by atoms with Gasteiger partial charge in [-0.3, -0.25) is 4.79 Å². The SMILES string of the molecule is CN(CCC#N)C(=O)CSc1n[nH]c(N)n1. The molecule has 3 N–H and O–H groups in total. The van der Waals surface area contributed by atoms with Crippen LogP contribution in [0.25, 0.3) is 0 Å². The van der Waals surface area contributed by atoms with Gasteiger partial charge in [0.15, 0.2) is 0 Å². The molecule has 86 valence electrons. The zero-order valence-corrected chi connectivity index (χ0v) is 9.62. The van der Waals surface area contributed by atoms with Crippen LogP contribution >= 0.6 is 11.8 Å². The number of aromatic amines is 1. The summed E-state index contributed by atoms with van der Waals surface area (Å²) in [7, 11) is 1.66. The number of aromatic nitrogens is 3. The van der Waals surface area contributed by atoms with Crippen LogP contribution in [0.2, 0.25) is 0 Å². The molecule has 0 bridgehead atoms. The molecule has 0 atom stereocenters. The number of amides is 1. The van der Waals surface area contributed by atoms with Gasteiger partial charge in [0.05, 0.1) is 18.2 Å². The van der Waals surface area contributed by atoms with Gasteiger partial charge in [-0.15, -0.1) is 5.10 Å². The van der Waals surface area contributed by atoms with Crippen molar-refractivity contribution in [1.82, 2.24) is 20.1 Å². The molecule has 7 nitrogen and oxygen atoms in total. The fraction of sp³-hybridized carbons (Fsp3) is 0.500. The highest BCUT2D eigenvalue weighted by molar-refractivity contribution is 7.99. The first kappa shape index (κ1) is 12.3. The minimum atomic E-state index is -0.0661. The van der Waals surface area contributed by atoms with E-state index < -0.39 is 0 Å². The predicted molar refractivity (Wildman–Crippen MR) is 59.4 cm³/mol. The summed E-state index contributed by atoms with van der Waals surface area (Å²) in [6.07, 6.45) is 0.334. The summed E-state index contributed by atoms with van der Waals surface area (Å²) in [5, 5.41) is 15.1. The molecule has 1 amide bonds. The Morgan fingerprint density at radius 2 is 2.50 bits per heavy atom. The van der Waals surface area contributed by atoms with E-state index in [9.17, 15) is 4.79 Å². The highest BCUT2D eigenvalue weighted by Crippen LogP contribution is 2.13. The number of carbonyl (C=O) groups excluding carboxylic acids is 1. The Morgan fingerprint density at radius 1 is 1.75 bits per heavy atom. The third kappa shape index (κ3) is 3.78. The first-order valence-electron chi connectivity index (χ1n) is 4.55. The van der Waals surface area contributed by atoms with Crippen molar-refractivity contribution in [3.8, 4) is 6.07 Å². The molecule has 0 aliphatic rings. The number of nitrogen functional groups attached to an aromatic ring is 1. The van der Waals surface area contributed by atoms with Gasteiger partial charge >= 0.3 is 0 Å². The maximum Gasteiger partial charge on any atom is 0.232 e. The third-order valence-electron chi connectivity index (χ3n) is 1.79. The number of rotatable bonds is 5. The Morgan fingerprint density at radius 3 is 3.06 bits per heavy atom. The number of anilines is 1. The monoisotopic (exact) mass is 240 g/mol. The van der Waals surface area contributed by atoms with Crippen LogP contribution in [0.1, 0.15) is 6.42 Å². The lowest BCUT2D eigenvalue weighted by Gasteiger charge is -2.14. The van der Waals surface area contributed by atoms with Crippen molar-refractivity contribution >= 4 is 23.6 Å². The minimum absolute atomic E-state index is 0.0661. The number of hydrogen-bond donors (Lipinski definition) is 2. The van der Waals surface area contributed by atoms with Gasteiger partial charge in [0.25, 0.3) is 0 Å². The van der Waals surface area contributed by atoms with E-state index in [-0.39, 0.29) is 17.6 Å². The van der Waals surface area contributed by atoms with Crippen LogP contribution < -0.4 is 5.73 Å². The number of H-pyrrole nitrogens is 1. The molecule has 0 fully saturated rings. The first-order valence-corrected chi connectivity index (χ1v) is 5.53. The molecule has 0 aliphatic carbocycles. The summed E-state index contributed by atoms with van der Waals surface area (Å²) < 4.78 is 0. The van der Waals surface area contributed by atoms with Crippen LogP contribution in [-0.2, 0) is 4.79 Å². The second-order valence-electron chi connectivity index (χ2n) is 3.02. The van der Waals surface area contributed by atoms with E-state index in [1.165, 1.54) is 16.7 Å². The quantitative estimate of drug-likeness (QED) is 0.692. The normalized spacial score (nSPS) is 9.75. The fourth-order valence-electron chi connectivity index (χ4n) is 0.902. The number of nitrogens with zero attached hydrogens (tertiary/aromatic N) is 4. The Labute approximate surface area is 97.0 Å². The van der Waals surface area contributed by atoms with Gasteiger partial charge in [0.1, 0.15) is 0 Å². The highest BCUT2D eigenvalue weighted by atomic mass is 32.2. The molecule has 1 aromatic rings. The van der Waals surface area contributed by atoms with Crippen LogP contribution in [0.5, 0.6) is 0 Å². The maximum absolute atomic E-state index is 11.5. The van der Waals surface area contributed by atoms with Crippen LogP contribution in [-0.4, -0.2) is 45.3 Å². The fourth-order valence-corrected chi connectivity index (χ4v) is 1.65. The van der Waals surface area contributed by atoms with E-state index in [4.69, 9.17) is 11.0 Å². The summed E-state index contributed by atoms with van der Waals surface area (Å²) in [5.41, 5.74) is 5.34. The van der Waals surface area contributed by atoms with Crippen molar-refractivity contribution in [2.24, 2.45) is 0 Å². The maximum atomic E-state index is 11.5. The van der Waals surface area contributed by atoms with Crippen molar-refractivity contribution in [1.29, 1.82) is 5.26 Å². The van der Waals surface area contributed by atoms with E-state index in [1.54, 1.807) is 7.05 Å². The molecule has 0 aromatic carbocycles. The Kier molecular flexibility index (Phi) is 4.60. The first-order chi connectivity index (χ1) is 7.63. The molecule has 0 radical (unpaired) electrons. The van der Waals surface area contributed by atoms with Gasteiger partial charge in [0, 0.05) is 13.6 Å². The Hall–Kier alpha value is -1.75. The molecular formula is C8H12N6OS. The number of nitriles is 1. The molecule has 1 aromatic heterocycles. The van der Waals surface area contributed by atoms with Crippen LogP contribution in [0.4, 0.5) is 5.95 Å². The summed E-state index contributed by atoms with van der Waals surface area (Å²) >= 11 is 1.20. The van der Waals surface area contributed by atoms with E-state index in [2.05, 4.69) is 15.2 Å². The summed E-state index contributed by atoms with van der Waals surface area (Å²) in [6, 6.07) is 1.98. The summed E-state index contributed by atoms with van der Waals surface area (Å²) in [5.74, 6) is 0.399. The lowest BCUT2D eigenvalue weighted by atomic mass is 10.4. The number of carbonyl (C=O) groups is 1. The van der Waals surface area contributed by atoms with Gasteiger partial charge in [-0.2, -0.15) is 10.2 Å². The molecule has 0 unspecified atom stereocenters. The Bertz CT molecular complexity index is 397. The third-order valence-corrected chi connectivity index (χ3v) is 2.62. The van der Waals surface area contributed by atoms with Gasteiger partial charge in [0.2, 0.25) is 17.0 Å². The number of thioether (sulfide) groups is 1. The number of hydrogen-bond acceptors (Lipinski definition) is 6. The molecule has 8 heteroatoms. The van der Waals surface area contributed by atoms with Crippen LogP contribution in [0.15, 0.2) is 5.16 Å². The highest BCUT2D eigenvalue weighted by Gasteiger charge is 2.10. The summed E-state index contributed by atoms with van der Waals surface area (Å²) in [6.45, 7) is 0.437. The lowest BCUT2D eigenvalue weighted by Crippen LogP contribution is -2.29. The van der Waals surface area contributed by atoms with E-state index >= 15 is 0 Å². The number of nitrogens with one attached hydrogen (secondary N) is 1. The smallest absolute Gasteiger partial charge is 0.232 e. The van der Waals surface area contributed by atoms with Gasteiger partial charge < -0.3 is 10.6 Å². The largest absolute Gasteiger partial charge is 0.368 e. The van der Waals surface area contributed by atoms with E-state index in [0.29, 0.717) is 18.1 Å². The molecule has 1 rings (SSSR count). The van der Waals surface area contributed by atoms with Gasteiger partial charge in [-0.05, 0) is 0 Å². The van der Waals surface area contributed by atoms with E-state index in [1.807, 2.05) is 6.07 Å². The lowest BCUT2D eigenvalue weighted by molar-refractivity contribution is -0.127. The minimum Gasteiger partial charge on any atom is -0.368 e. The van der Waals surface area contributed by atoms with Crippen LogP contribution in [0.3, 0.4) is 0 Å². The molecule has 0 saturated heterocycles. The molecule has 1 heterocycles. The average molecular weight is 240 g/mol. The van der Waals surface area contributed by atoms with Crippen molar-refractivity contribution in [2.45, 2.75) is 11.6 Å². The average Bonchev–Trinajstić information content (AvgIpc) is 2.68. The molecule has 0 spiro atoms. The van der Waals surface area contributed by atoms with Gasteiger partial charge in [-0.25, -0.2) is 5.10 Å². The molecule has 0 saturated carbocycles. The molecular weight excluding hydrogens is 228 g/mol. The second-order valence-corrected chi connectivity index (χ2v) is 3.96. The van der Waals surface area contributed by atoms with E-state index in [0.717, 1.165) is 0 Å². The standard InChI is InChI=1S/C8H12N6OS/c1-14(4-2-3-9)6(15)5-16-8-11-7(10)12-13-8/h2,4-5H2,1H3,(H3,10,11,12,13). The van der Waals surface area contributed by atoms with Crippen molar-refractivity contribution in [3.63, 3.8) is 0 Å². The zero-order chi connectivity index (χ0) is 12.0. The molecule has 16 heavy (non-hydrogen) atoms. The van der Waals surface area contributed by atoms with Crippen LogP contribution in [0, 0.1) is 11.3 Å². The summed E-state index contributed by atoms with van der Waals surface area (Å²) in [4.78, 5) is 16.9. The van der Waals surface area contributed by atoms with Crippen molar-refractivity contribution in [3.05, 3.63) is 0 Å². The van der Waals surface area contributed by atoms with Crippen molar-refractivity contribution < 1.29 is 4.79 Å². The second kappa shape index (κ2) is 5.97. The predicted octanol–water partition coefficient (Wildman–Crippen LogP) is -0.149. The Balaban J connectivity index is 2.32. The van der Waals surface area contributed by atoms with Gasteiger partial charge in [-0.1, -0.05) is 11.8 Å². The topological polar surface area (TPSA) is 112 Å². The number of nitrogens with two attached hydrogens (primary N) is 1. The molecule has 0 aliphatic heterocycles. The zero-order valence-electron chi connectivity index (χ0n) is 8.80. The van der Waals surface area contributed by atoms with Crippen molar-refractivity contribution in [2.75, 3.05) is 25.1 Å².